The number of Topliss-reactive ketones (excluding diaryl/α,β-unsaturated/α-hetero) is 1. The lowest BCUT2D eigenvalue weighted by Crippen LogP contribution is -2.11. The van der Waals surface area contributed by atoms with E-state index in [1.54, 1.807) is 6.92 Å². The lowest BCUT2D eigenvalue weighted by atomic mass is 10.1. The van der Waals surface area contributed by atoms with Gasteiger partial charge in [-0.1, -0.05) is 12.2 Å². The van der Waals surface area contributed by atoms with Crippen molar-refractivity contribution in [1.82, 2.24) is 4.57 Å². The van der Waals surface area contributed by atoms with Crippen molar-refractivity contribution in [1.29, 1.82) is 0 Å². The van der Waals surface area contributed by atoms with Crippen LogP contribution in [0.3, 0.4) is 0 Å². The van der Waals surface area contributed by atoms with Crippen molar-refractivity contribution >= 4 is 5.78 Å². The zero-order chi connectivity index (χ0) is 9.97. The van der Waals surface area contributed by atoms with Crippen molar-refractivity contribution in [3.05, 3.63) is 36.2 Å². The molecule has 1 aromatic rings. The smallest absolute Gasteiger partial charge is 0.176 e. The van der Waals surface area contributed by atoms with E-state index in [1.165, 1.54) is 0 Å². The first kappa shape index (κ1) is 9.25. The zero-order valence-electron chi connectivity index (χ0n) is 8.44. The van der Waals surface area contributed by atoms with Gasteiger partial charge in [-0.3, -0.25) is 4.79 Å². The molecule has 2 rings (SSSR count). The maximum Gasteiger partial charge on any atom is 0.176 e. The zero-order valence-corrected chi connectivity index (χ0v) is 8.44. The predicted octanol–water partition coefficient (Wildman–Crippen LogP) is 2.66. The molecule has 0 N–H and O–H groups in total. The van der Waals surface area contributed by atoms with Crippen LogP contribution >= 0.6 is 0 Å². The molecule has 0 atom stereocenters. The van der Waals surface area contributed by atoms with E-state index in [9.17, 15) is 4.79 Å². The second-order valence-electron chi connectivity index (χ2n) is 3.91. The molecule has 2 heteroatoms. The van der Waals surface area contributed by atoms with Crippen LogP contribution in [0.2, 0.25) is 0 Å². The van der Waals surface area contributed by atoms with Crippen LogP contribution in [0.25, 0.3) is 0 Å². The molecule has 0 amide bonds. The van der Waals surface area contributed by atoms with Gasteiger partial charge in [0.05, 0.1) is 5.69 Å². The fraction of sp³-hybridized carbons (Fsp3) is 0.417. The highest BCUT2D eigenvalue weighted by molar-refractivity contribution is 5.92. The van der Waals surface area contributed by atoms with E-state index in [2.05, 4.69) is 16.7 Å². The van der Waals surface area contributed by atoms with Gasteiger partial charge in [0.25, 0.3) is 0 Å². The summed E-state index contributed by atoms with van der Waals surface area (Å²) in [6.45, 7) is 2.59. The summed E-state index contributed by atoms with van der Waals surface area (Å²) in [5, 5.41) is 0. The van der Waals surface area contributed by atoms with Crippen LogP contribution in [0.4, 0.5) is 0 Å². The van der Waals surface area contributed by atoms with Crippen LogP contribution < -0.4 is 0 Å². The number of ketones is 1. The number of nitrogens with zero attached hydrogens (tertiary/aromatic N) is 1. The SMILES string of the molecule is CC(=O)c1cccn1CC1CC=CC1. The van der Waals surface area contributed by atoms with Crippen LogP contribution in [0.1, 0.15) is 30.3 Å². The third kappa shape index (κ3) is 1.79. The fourth-order valence-corrected chi connectivity index (χ4v) is 1.99. The van der Waals surface area contributed by atoms with Gasteiger partial charge in [0, 0.05) is 19.7 Å². The van der Waals surface area contributed by atoms with Gasteiger partial charge in [-0.2, -0.15) is 0 Å². The molecule has 0 saturated heterocycles. The Balaban J connectivity index is 2.08. The van der Waals surface area contributed by atoms with Gasteiger partial charge < -0.3 is 4.57 Å². The van der Waals surface area contributed by atoms with Gasteiger partial charge in [0.1, 0.15) is 0 Å². The van der Waals surface area contributed by atoms with Crippen molar-refractivity contribution in [2.75, 3.05) is 0 Å². The maximum atomic E-state index is 11.3. The second-order valence-corrected chi connectivity index (χ2v) is 3.91. The Morgan fingerprint density at radius 1 is 1.50 bits per heavy atom. The summed E-state index contributed by atoms with van der Waals surface area (Å²) in [4.78, 5) is 11.3. The molecule has 14 heavy (non-hydrogen) atoms. The molecule has 0 radical (unpaired) electrons. The molecule has 0 bridgehead atoms. The highest BCUT2D eigenvalue weighted by atomic mass is 16.1. The molecule has 1 aliphatic rings. The highest BCUT2D eigenvalue weighted by Crippen LogP contribution is 2.20. The van der Waals surface area contributed by atoms with E-state index in [4.69, 9.17) is 0 Å². The topological polar surface area (TPSA) is 22.0 Å². The van der Waals surface area contributed by atoms with E-state index in [0.717, 1.165) is 25.1 Å². The Hall–Kier alpha value is -1.31. The maximum absolute atomic E-state index is 11.3. The van der Waals surface area contributed by atoms with Crippen LogP contribution in [0, 0.1) is 5.92 Å². The van der Waals surface area contributed by atoms with E-state index in [0.29, 0.717) is 5.92 Å². The monoisotopic (exact) mass is 189 g/mol. The van der Waals surface area contributed by atoms with Gasteiger partial charge in [-0.05, 0) is 30.9 Å². The Kier molecular flexibility index (Phi) is 2.53. The number of aromatic nitrogens is 1. The third-order valence-corrected chi connectivity index (χ3v) is 2.75. The normalized spacial score (nSPS) is 16.4. The van der Waals surface area contributed by atoms with Gasteiger partial charge in [0.15, 0.2) is 5.78 Å². The number of rotatable bonds is 3. The first-order valence-corrected chi connectivity index (χ1v) is 5.08. The van der Waals surface area contributed by atoms with Gasteiger partial charge in [-0.15, -0.1) is 0 Å². The minimum absolute atomic E-state index is 0.154. The molecule has 1 aromatic heterocycles. The van der Waals surface area contributed by atoms with Crippen molar-refractivity contribution in [3.63, 3.8) is 0 Å². The molecule has 1 heterocycles. The average molecular weight is 189 g/mol. The van der Waals surface area contributed by atoms with Crippen LogP contribution in [-0.2, 0) is 6.54 Å². The lowest BCUT2D eigenvalue weighted by molar-refractivity contribution is 0.100. The van der Waals surface area contributed by atoms with E-state index in [1.807, 2.05) is 18.3 Å². The highest BCUT2D eigenvalue weighted by Gasteiger charge is 2.13. The van der Waals surface area contributed by atoms with E-state index >= 15 is 0 Å². The molecule has 0 spiro atoms. The minimum Gasteiger partial charge on any atom is -0.345 e. The van der Waals surface area contributed by atoms with E-state index < -0.39 is 0 Å². The van der Waals surface area contributed by atoms with Gasteiger partial charge in [0.2, 0.25) is 0 Å². The first-order chi connectivity index (χ1) is 6.77. The number of hydrogen-bond acceptors (Lipinski definition) is 1. The largest absolute Gasteiger partial charge is 0.345 e. The molecular weight excluding hydrogens is 174 g/mol. The Morgan fingerprint density at radius 3 is 2.86 bits per heavy atom. The molecule has 0 aromatic carbocycles. The molecular formula is C12H15NO. The summed E-state index contributed by atoms with van der Waals surface area (Å²) in [7, 11) is 0. The molecule has 0 fully saturated rings. The summed E-state index contributed by atoms with van der Waals surface area (Å²) >= 11 is 0. The van der Waals surface area contributed by atoms with Crippen LogP contribution in [0.15, 0.2) is 30.5 Å². The predicted molar refractivity (Wildman–Crippen MR) is 56.3 cm³/mol. The molecule has 0 saturated carbocycles. The Bertz CT molecular complexity index is 354. The molecule has 0 unspecified atom stereocenters. The van der Waals surface area contributed by atoms with Crippen molar-refractivity contribution in [2.24, 2.45) is 5.92 Å². The summed E-state index contributed by atoms with van der Waals surface area (Å²) < 4.78 is 2.07. The second kappa shape index (κ2) is 3.82. The molecule has 2 nitrogen and oxygen atoms in total. The minimum atomic E-state index is 0.154. The Labute approximate surface area is 84.2 Å². The average Bonchev–Trinajstić information content (AvgIpc) is 2.75. The number of hydrogen-bond donors (Lipinski definition) is 0. The number of allylic oxidation sites excluding steroid dienone is 2. The standard InChI is InChI=1S/C12H15NO/c1-10(14)12-7-4-8-13(12)9-11-5-2-3-6-11/h2-4,7-8,11H,5-6,9H2,1H3. The summed E-state index contributed by atoms with van der Waals surface area (Å²) in [6, 6.07) is 3.84. The van der Waals surface area contributed by atoms with Crippen LogP contribution in [0.5, 0.6) is 0 Å². The number of carbonyl (C=O) groups is 1. The number of carbonyl (C=O) groups excluding carboxylic acids is 1. The van der Waals surface area contributed by atoms with Crippen molar-refractivity contribution in [3.8, 4) is 0 Å². The summed E-state index contributed by atoms with van der Waals surface area (Å²) in [5.41, 5.74) is 0.830. The van der Waals surface area contributed by atoms with Crippen LogP contribution in [-0.4, -0.2) is 10.4 Å². The summed E-state index contributed by atoms with van der Waals surface area (Å²) in [5.74, 6) is 0.835. The third-order valence-electron chi connectivity index (χ3n) is 2.75. The molecule has 74 valence electrons. The quantitative estimate of drug-likeness (QED) is 0.529. The van der Waals surface area contributed by atoms with Crippen molar-refractivity contribution < 1.29 is 4.79 Å². The lowest BCUT2D eigenvalue weighted by Gasteiger charge is -2.12. The van der Waals surface area contributed by atoms with Crippen molar-refractivity contribution in [2.45, 2.75) is 26.3 Å². The Morgan fingerprint density at radius 2 is 2.21 bits per heavy atom. The van der Waals surface area contributed by atoms with E-state index in [-0.39, 0.29) is 5.78 Å². The van der Waals surface area contributed by atoms with Gasteiger partial charge >= 0.3 is 0 Å². The molecule has 1 aliphatic carbocycles. The fourth-order valence-electron chi connectivity index (χ4n) is 1.99. The first-order valence-electron chi connectivity index (χ1n) is 5.08. The van der Waals surface area contributed by atoms with Gasteiger partial charge in [-0.25, -0.2) is 0 Å². The molecule has 0 aliphatic heterocycles. The summed E-state index contributed by atoms with van der Waals surface area (Å²) in [6.07, 6.45) is 8.74.